The minimum Gasteiger partial charge on any atom is -0.481 e. The number of carboxylic acids is 1. The number of Topliss-reactive ketones (excluding diaryl/α,β-unsaturated/α-hetero) is 1. The van der Waals surface area contributed by atoms with Crippen LogP contribution in [-0.4, -0.2) is 33.9 Å². The highest BCUT2D eigenvalue weighted by atomic mass is 16.4. The molecule has 0 heterocycles. The number of aliphatic hydroxyl groups excluding tert-OH is 1. The Morgan fingerprint density at radius 3 is 2.58 bits per heavy atom. The Kier molecular flexibility index (Phi) is 3.96. The van der Waals surface area contributed by atoms with E-state index in [4.69, 9.17) is 0 Å². The van der Waals surface area contributed by atoms with Gasteiger partial charge in [0.25, 0.3) is 0 Å². The molecule has 3 saturated carbocycles. The van der Waals surface area contributed by atoms with Crippen molar-refractivity contribution in [3.05, 3.63) is 11.6 Å². The lowest BCUT2D eigenvalue weighted by Crippen LogP contribution is -2.60. The highest BCUT2D eigenvalue weighted by Crippen LogP contribution is 2.66. The Morgan fingerprint density at radius 1 is 1.19 bits per heavy atom. The van der Waals surface area contributed by atoms with Crippen LogP contribution in [0.3, 0.4) is 0 Å². The number of allylic oxidation sites excluding steroid dienone is 1. The second kappa shape index (κ2) is 5.75. The Hall–Kier alpha value is -1.49. The summed E-state index contributed by atoms with van der Waals surface area (Å²) in [5, 5.41) is 21.3. The van der Waals surface area contributed by atoms with Gasteiger partial charge in [-0.05, 0) is 74.7 Å². The molecule has 4 aliphatic carbocycles. The summed E-state index contributed by atoms with van der Waals surface area (Å²) < 4.78 is 0. The Bertz CT molecular complexity index is 709. The van der Waals surface area contributed by atoms with Gasteiger partial charge in [0, 0.05) is 12.3 Å². The van der Waals surface area contributed by atoms with Crippen LogP contribution in [0.15, 0.2) is 11.6 Å². The quantitative estimate of drug-likeness (QED) is 0.790. The summed E-state index contributed by atoms with van der Waals surface area (Å²) in [6.07, 6.45) is 5.40. The summed E-state index contributed by atoms with van der Waals surface area (Å²) in [6, 6.07) is 0. The van der Waals surface area contributed by atoms with Crippen molar-refractivity contribution in [3.8, 4) is 0 Å². The molecule has 0 aromatic carbocycles. The molecule has 5 heteroatoms. The van der Waals surface area contributed by atoms with Crippen molar-refractivity contribution in [2.45, 2.75) is 64.9 Å². The number of carbonyl (C=O) groups excluding carboxylic acids is 2. The molecule has 0 saturated heterocycles. The minimum atomic E-state index is -1.12. The molecular weight excluding hydrogens is 332 g/mol. The van der Waals surface area contributed by atoms with E-state index < -0.39 is 23.4 Å². The van der Waals surface area contributed by atoms with E-state index in [2.05, 4.69) is 6.92 Å². The number of aliphatic carboxylic acids is 1. The van der Waals surface area contributed by atoms with Gasteiger partial charge in [0.1, 0.15) is 5.78 Å². The van der Waals surface area contributed by atoms with Crippen molar-refractivity contribution in [3.63, 3.8) is 0 Å². The van der Waals surface area contributed by atoms with Gasteiger partial charge in [-0.3, -0.25) is 14.4 Å². The summed E-state index contributed by atoms with van der Waals surface area (Å²) in [7, 11) is 0. The van der Waals surface area contributed by atoms with E-state index in [1.807, 2.05) is 0 Å². The van der Waals surface area contributed by atoms with Crippen LogP contribution in [-0.2, 0) is 14.4 Å². The van der Waals surface area contributed by atoms with Crippen molar-refractivity contribution in [1.82, 2.24) is 0 Å². The van der Waals surface area contributed by atoms with E-state index in [1.165, 1.54) is 6.92 Å². The molecule has 0 aliphatic heterocycles. The van der Waals surface area contributed by atoms with Gasteiger partial charge in [0.15, 0.2) is 5.78 Å². The minimum absolute atomic E-state index is 0.0150. The molecule has 3 fully saturated rings. The molecule has 0 radical (unpaired) electrons. The molecule has 0 amide bonds. The summed E-state index contributed by atoms with van der Waals surface area (Å²) in [5.74, 6) is -1.27. The highest BCUT2D eigenvalue weighted by Gasteiger charge is 2.67. The van der Waals surface area contributed by atoms with Gasteiger partial charge < -0.3 is 10.2 Å². The summed E-state index contributed by atoms with van der Waals surface area (Å²) in [5.41, 5.74) is -0.207. The maximum atomic E-state index is 12.4. The average molecular weight is 360 g/mol. The topological polar surface area (TPSA) is 91.7 Å². The third-order valence-corrected chi connectivity index (χ3v) is 8.32. The summed E-state index contributed by atoms with van der Waals surface area (Å²) >= 11 is 0. The fraction of sp³-hybridized carbons (Fsp3) is 0.762. The zero-order valence-corrected chi connectivity index (χ0v) is 15.5. The second-order valence-corrected chi connectivity index (χ2v) is 9.25. The molecule has 0 aromatic rings. The molecule has 4 aliphatic rings. The number of ketones is 2. The van der Waals surface area contributed by atoms with Crippen molar-refractivity contribution in [2.24, 2.45) is 34.5 Å². The van der Waals surface area contributed by atoms with E-state index >= 15 is 0 Å². The average Bonchev–Trinajstić information content (AvgIpc) is 2.96. The van der Waals surface area contributed by atoms with E-state index in [-0.39, 0.29) is 41.2 Å². The molecule has 142 valence electrons. The molecule has 5 nitrogen and oxygen atoms in total. The predicted molar refractivity (Wildman–Crippen MR) is 94.2 cm³/mol. The lowest BCUT2D eigenvalue weighted by molar-refractivity contribution is -0.180. The molecule has 0 unspecified atom stereocenters. The van der Waals surface area contributed by atoms with Gasteiger partial charge in [-0.1, -0.05) is 12.5 Å². The standard InChI is InChI=1S/C21H28O5/c1-11(22)15-5-6-16-14-4-3-12-9-13(23)7-8-20(12,2)18(14)17(24)10-21(15,16)19(25)26/h9,14-18,24H,3-8,10H2,1-2H3,(H,25,26)/t14-,15+,16-,17-,18+,20-,21-/m0/s1. The molecule has 4 rings (SSSR count). The third-order valence-electron chi connectivity index (χ3n) is 8.32. The first-order valence-electron chi connectivity index (χ1n) is 9.87. The van der Waals surface area contributed by atoms with Crippen LogP contribution in [0.1, 0.15) is 58.8 Å². The van der Waals surface area contributed by atoms with E-state index in [0.29, 0.717) is 12.8 Å². The lowest BCUT2D eigenvalue weighted by Gasteiger charge is -2.59. The fourth-order valence-corrected chi connectivity index (χ4v) is 7.29. The Balaban J connectivity index is 1.78. The molecule has 7 atom stereocenters. The number of fused-ring (bicyclic) bond motifs is 5. The van der Waals surface area contributed by atoms with Crippen molar-refractivity contribution < 1.29 is 24.6 Å². The Labute approximate surface area is 153 Å². The van der Waals surface area contributed by atoms with Crippen LogP contribution in [0.5, 0.6) is 0 Å². The van der Waals surface area contributed by atoms with E-state index in [0.717, 1.165) is 31.3 Å². The predicted octanol–water partition coefficient (Wildman–Crippen LogP) is 2.76. The highest BCUT2D eigenvalue weighted by molar-refractivity contribution is 5.92. The van der Waals surface area contributed by atoms with Gasteiger partial charge >= 0.3 is 5.97 Å². The zero-order chi connectivity index (χ0) is 18.9. The molecule has 0 bridgehead atoms. The smallest absolute Gasteiger partial charge is 0.310 e. The van der Waals surface area contributed by atoms with Gasteiger partial charge in [-0.25, -0.2) is 0 Å². The number of hydrogen-bond acceptors (Lipinski definition) is 4. The van der Waals surface area contributed by atoms with Crippen LogP contribution in [0.2, 0.25) is 0 Å². The summed E-state index contributed by atoms with van der Waals surface area (Å²) in [4.78, 5) is 36.5. The van der Waals surface area contributed by atoms with Crippen LogP contribution in [0.25, 0.3) is 0 Å². The molecule has 26 heavy (non-hydrogen) atoms. The third kappa shape index (κ3) is 2.16. The van der Waals surface area contributed by atoms with Crippen molar-refractivity contribution >= 4 is 17.5 Å². The lowest BCUT2D eigenvalue weighted by atomic mass is 9.45. The molecular formula is C21H28O5. The van der Waals surface area contributed by atoms with Crippen molar-refractivity contribution in [2.75, 3.05) is 0 Å². The van der Waals surface area contributed by atoms with Gasteiger partial charge in [0.05, 0.1) is 11.5 Å². The SMILES string of the molecule is CC(=O)[C@H]1CC[C@H]2[C@@H]3CCC4=CC(=O)CC[C@]4(C)[C@H]3[C@@H](O)C[C@]12C(=O)O. The van der Waals surface area contributed by atoms with Gasteiger partial charge in [-0.2, -0.15) is 0 Å². The first kappa shape index (κ1) is 17.9. The Morgan fingerprint density at radius 2 is 1.92 bits per heavy atom. The maximum Gasteiger partial charge on any atom is 0.310 e. The largest absolute Gasteiger partial charge is 0.481 e. The summed E-state index contributed by atoms with van der Waals surface area (Å²) in [6.45, 7) is 3.64. The number of aliphatic hydroxyl groups is 1. The zero-order valence-electron chi connectivity index (χ0n) is 15.5. The molecule has 0 spiro atoms. The van der Waals surface area contributed by atoms with Gasteiger partial charge in [-0.15, -0.1) is 0 Å². The normalized spacial score (nSPS) is 47.4. The molecule has 2 N–H and O–H groups in total. The van der Waals surface area contributed by atoms with Crippen LogP contribution in [0.4, 0.5) is 0 Å². The number of hydrogen-bond donors (Lipinski definition) is 2. The first-order chi connectivity index (χ1) is 12.2. The van der Waals surface area contributed by atoms with E-state index in [9.17, 15) is 24.6 Å². The van der Waals surface area contributed by atoms with Crippen LogP contribution < -0.4 is 0 Å². The monoisotopic (exact) mass is 360 g/mol. The van der Waals surface area contributed by atoms with Gasteiger partial charge in [0.2, 0.25) is 0 Å². The number of carbonyl (C=O) groups is 3. The van der Waals surface area contributed by atoms with Crippen LogP contribution in [0, 0.1) is 34.5 Å². The van der Waals surface area contributed by atoms with Crippen LogP contribution >= 0.6 is 0 Å². The number of carboxylic acid groups (broad SMARTS) is 1. The maximum absolute atomic E-state index is 12.4. The van der Waals surface area contributed by atoms with E-state index in [1.54, 1.807) is 6.08 Å². The molecule has 0 aromatic heterocycles. The first-order valence-corrected chi connectivity index (χ1v) is 9.87. The van der Waals surface area contributed by atoms with Crippen molar-refractivity contribution in [1.29, 1.82) is 0 Å². The number of rotatable bonds is 2. The second-order valence-electron chi connectivity index (χ2n) is 9.25. The fourth-order valence-electron chi connectivity index (χ4n) is 7.29.